The van der Waals surface area contributed by atoms with Crippen molar-refractivity contribution in [2.24, 2.45) is 24.6 Å². The molecule has 5 heteroatoms. The third-order valence-corrected chi connectivity index (χ3v) is 4.66. The molecule has 1 heterocycles. The van der Waals surface area contributed by atoms with Gasteiger partial charge in [-0.1, -0.05) is 24.9 Å². The van der Waals surface area contributed by atoms with Crippen LogP contribution in [-0.2, 0) is 24.7 Å². The Hall–Kier alpha value is -0.870. The summed E-state index contributed by atoms with van der Waals surface area (Å²) in [6, 6.07) is 0. The molecule has 0 spiro atoms. The number of hydrogen-bond acceptors (Lipinski definition) is 3. The van der Waals surface area contributed by atoms with Crippen LogP contribution in [0.1, 0.15) is 37.6 Å². The predicted molar refractivity (Wildman–Crippen MR) is 76.2 cm³/mol. The molecule has 19 heavy (non-hydrogen) atoms. The molecule has 1 aliphatic carbocycles. The molecule has 0 radical (unpaired) electrons. The Morgan fingerprint density at radius 2 is 2.26 bits per heavy atom. The van der Waals surface area contributed by atoms with Crippen molar-refractivity contribution >= 4 is 17.4 Å². The van der Waals surface area contributed by atoms with Gasteiger partial charge in [-0.25, -0.2) is 0 Å². The van der Waals surface area contributed by atoms with E-state index < -0.39 is 0 Å². The fourth-order valence-electron chi connectivity index (χ4n) is 3.05. The molecule has 0 amide bonds. The van der Waals surface area contributed by atoms with Gasteiger partial charge < -0.3 is 5.73 Å². The van der Waals surface area contributed by atoms with Crippen LogP contribution in [0.5, 0.6) is 0 Å². The number of aryl methyl sites for hydroxylation is 2. The lowest BCUT2D eigenvalue weighted by atomic mass is 9.90. The van der Waals surface area contributed by atoms with Crippen molar-refractivity contribution in [3.05, 3.63) is 16.4 Å². The Morgan fingerprint density at radius 1 is 1.53 bits per heavy atom. The summed E-state index contributed by atoms with van der Waals surface area (Å²) in [6.07, 6.45) is 4.32. The lowest BCUT2D eigenvalue weighted by Gasteiger charge is -2.16. The van der Waals surface area contributed by atoms with Crippen molar-refractivity contribution in [2.45, 2.75) is 39.0 Å². The smallest absolute Gasteiger partial charge is 0.142 e. The molecule has 1 aromatic heterocycles. The van der Waals surface area contributed by atoms with Crippen LogP contribution in [0.25, 0.3) is 0 Å². The van der Waals surface area contributed by atoms with E-state index in [1.54, 1.807) is 4.68 Å². The Kier molecular flexibility index (Phi) is 4.63. The van der Waals surface area contributed by atoms with Crippen LogP contribution >= 0.6 is 11.6 Å². The monoisotopic (exact) mass is 283 g/mol. The summed E-state index contributed by atoms with van der Waals surface area (Å²) < 4.78 is 1.74. The summed E-state index contributed by atoms with van der Waals surface area (Å²) in [5.74, 6) is 0.728. The SMILES string of the molecule is CCc1nn(C)c(CC(=O)C2CCCC2CN)c1Cl. The average Bonchev–Trinajstić information content (AvgIpc) is 2.97. The topological polar surface area (TPSA) is 60.9 Å². The number of rotatable bonds is 5. The van der Waals surface area contributed by atoms with Gasteiger partial charge in [0.2, 0.25) is 0 Å². The molecule has 1 aliphatic rings. The molecule has 4 nitrogen and oxygen atoms in total. The van der Waals surface area contributed by atoms with Crippen LogP contribution in [0, 0.1) is 11.8 Å². The van der Waals surface area contributed by atoms with Crippen molar-refractivity contribution in [3.63, 3.8) is 0 Å². The molecular weight excluding hydrogens is 262 g/mol. The highest BCUT2D eigenvalue weighted by atomic mass is 35.5. The normalized spacial score (nSPS) is 22.9. The Morgan fingerprint density at radius 3 is 2.84 bits per heavy atom. The van der Waals surface area contributed by atoms with Gasteiger partial charge in [-0.3, -0.25) is 9.48 Å². The molecule has 2 atom stereocenters. The maximum absolute atomic E-state index is 12.4. The molecule has 2 rings (SSSR count). The van der Waals surface area contributed by atoms with Crippen molar-refractivity contribution in [1.82, 2.24) is 9.78 Å². The molecule has 1 aromatic rings. The van der Waals surface area contributed by atoms with Gasteiger partial charge in [0.05, 0.1) is 22.8 Å². The summed E-state index contributed by atoms with van der Waals surface area (Å²) in [7, 11) is 1.85. The standard InChI is InChI=1S/C14H22ClN3O/c1-3-11-14(15)12(18(2)17-11)7-13(19)10-6-4-5-9(10)8-16/h9-10H,3-8,16H2,1-2H3. The largest absolute Gasteiger partial charge is 0.330 e. The first-order chi connectivity index (χ1) is 9.08. The first-order valence-electron chi connectivity index (χ1n) is 7.01. The summed E-state index contributed by atoms with van der Waals surface area (Å²) in [4.78, 5) is 12.4. The van der Waals surface area contributed by atoms with Gasteiger partial charge in [0.25, 0.3) is 0 Å². The highest BCUT2D eigenvalue weighted by Gasteiger charge is 2.32. The molecule has 1 saturated carbocycles. The van der Waals surface area contributed by atoms with Crippen molar-refractivity contribution in [3.8, 4) is 0 Å². The molecule has 106 valence electrons. The number of hydrogen-bond donors (Lipinski definition) is 1. The van der Waals surface area contributed by atoms with Gasteiger partial charge in [-0.2, -0.15) is 5.10 Å². The fourth-order valence-corrected chi connectivity index (χ4v) is 3.41. The minimum absolute atomic E-state index is 0.112. The van der Waals surface area contributed by atoms with Crippen molar-refractivity contribution in [1.29, 1.82) is 0 Å². The second-order valence-electron chi connectivity index (χ2n) is 5.36. The number of carbonyl (C=O) groups excluding carboxylic acids is 1. The van der Waals surface area contributed by atoms with Crippen LogP contribution in [0.4, 0.5) is 0 Å². The maximum atomic E-state index is 12.4. The minimum Gasteiger partial charge on any atom is -0.330 e. The molecule has 0 aliphatic heterocycles. The van der Waals surface area contributed by atoms with Crippen LogP contribution < -0.4 is 5.73 Å². The second-order valence-corrected chi connectivity index (χ2v) is 5.74. The number of carbonyl (C=O) groups is 1. The minimum atomic E-state index is 0.112. The van der Waals surface area contributed by atoms with E-state index in [0.29, 0.717) is 23.9 Å². The summed E-state index contributed by atoms with van der Waals surface area (Å²) >= 11 is 6.29. The quantitative estimate of drug-likeness (QED) is 0.900. The first kappa shape index (κ1) is 14.5. The summed E-state index contributed by atoms with van der Waals surface area (Å²) in [5, 5.41) is 5.01. The lowest BCUT2D eigenvalue weighted by Crippen LogP contribution is -2.26. The highest BCUT2D eigenvalue weighted by Crippen LogP contribution is 2.33. The van der Waals surface area contributed by atoms with E-state index in [2.05, 4.69) is 5.10 Å². The highest BCUT2D eigenvalue weighted by molar-refractivity contribution is 6.32. The zero-order valence-electron chi connectivity index (χ0n) is 11.7. The summed E-state index contributed by atoms with van der Waals surface area (Å²) in [5.41, 5.74) is 7.45. The Balaban J connectivity index is 2.13. The summed E-state index contributed by atoms with van der Waals surface area (Å²) in [6.45, 7) is 2.62. The van der Waals surface area contributed by atoms with Gasteiger partial charge in [0.1, 0.15) is 5.78 Å². The fraction of sp³-hybridized carbons (Fsp3) is 0.714. The average molecular weight is 284 g/mol. The molecule has 0 bridgehead atoms. The van der Waals surface area contributed by atoms with Gasteiger partial charge in [-0.15, -0.1) is 0 Å². The number of nitrogens with two attached hydrogens (primary N) is 1. The van der Waals surface area contributed by atoms with Gasteiger partial charge in [0.15, 0.2) is 0 Å². The van der Waals surface area contributed by atoms with E-state index in [0.717, 1.165) is 37.1 Å². The van der Waals surface area contributed by atoms with E-state index in [9.17, 15) is 4.79 Å². The maximum Gasteiger partial charge on any atom is 0.142 e. The molecule has 2 N–H and O–H groups in total. The molecular formula is C14H22ClN3O. The first-order valence-corrected chi connectivity index (χ1v) is 7.39. The number of aromatic nitrogens is 2. The molecule has 1 fully saturated rings. The van der Waals surface area contributed by atoms with E-state index in [1.165, 1.54) is 0 Å². The zero-order valence-corrected chi connectivity index (χ0v) is 12.4. The van der Waals surface area contributed by atoms with E-state index in [4.69, 9.17) is 17.3 Å². The molecule has 0 saturated heterocycles. The number of halogens is 1. The Labute approximate surface area is 119 Å². The number of nitrogens with zero attached hydrogens (tertiary/aromatic N) is 2. The second kappa shape index (κ2) is 6.06. The predicted octanol–water partition coefficient (Wildman–Crippen LogP) is 2.12. The van der Waals surface area contributed by atoms with Gasteiger partial charge >= 0.3 is 0 Å². The molecule has 0 aromatic carbocycles. The number of ketones is 1. The zero-order chi connectivity index (χ0) is 14.0. The Bertz CT molecular complexity index is 470. The van der Waals surface area contributed by atoms with Crippen LogP contribution in [0.3, 0.4) is 0 Å². The van der Waals surface area contributed by atoms with Crippen molar-refractivity contribution in [2.75, 3.05) is 6.54 Å². The molecule has 2 unspecified atom stereocenters. The van der Waals surface area contributed by atoms with E-state index in [-0.39, 0.29) is 11.7 Å². The van der Waals surface area contributed by atoms with Crippen LogP contribution in [0.2, 0.25) is 5.02 Å². The van der Waals surface area contributed by atoms with Crippen molar-refractivity contribution < 1.29 is 4.79 Å². The van der Waals surface area contributed by atoms with E-state index >= 15 is 0 Å². The third kappa shape index (κ3) is 2.84. The lowest BCUT2D eigenvalue weighted by molar-refractivity contribution is -0.123. The number of Topliss-reactive ketones (excluding diaryl/α,β-unsaturated/α-hetero) is 1. The van der Waals surface area contributed by atoms with E-state index in [1.807, 2.05) is 14.0 Å². The van der Waals surface area contributed by atoms with Crippen LogP contribution in [0.15, 0.2) is 0 Å². The van der Waals surface area contributed by atoms with Crippen LogP contribution in [-0.4, -0.2) is 22.1 Å². The van der Waals surface area contributed by atoms with Gasteiger partial charge in [0, 0.05) is 13.0 Å². The third-order valence-electron chi connectivity index (χ3n) is 4.22. The van der Waals surface area contributed by atoms with Gasteiger partial charge in [-0.05, 0) is 31.7 Å².